The predicted octanol–water partition coefficient (Wildman–Crippen LogP) is 1.40. The summed E-state index contributed by atoms with van der Waals surface area (Å²) in [6.07, 6.45) is -5.52. The Kier molecular flexibility index (Phi) is 4.77. The number of alkyl halides is 3. The van der Waals surface area contributed by atoms with Gasteiger partial charge in [0.1, 0.15) is 0 Å². The lowest BCUT2D eigenvalue weighted by atomic mass is 10.2. The molecule has 0 saturated heterocycles. The molecule has 1 unspecified atom stereocenters. The highest BCUT2D eigenvalue weighted by Gasteiger charge is 2.30. The second-order valence-electron chi connectivity index (χ2n) is 4.26. The fraction of sp³-hybridized carbons (Fsp3) is 0.364. The minimum Gasteiger partial charge on any atom is -0.349 e. The maximum atomic E-state index is 12.1. The van der Waals surface area contributed by atoms with Gasteiger partial charge in [0.25, 0.3) is 5.91 Å². The fourth-order valence-corrected chi connectivity index (χ4v) is 2.02. The van der Waals surface area contributed by atoms with Gasteiger partial charge in [-0.3, -0.25) is 4.79 Å². The maximum absolute atomic E-state index is 12.1. The highest BCUT2D eigenvalue weighted by Crippen LogP contribution is 2.21. The molecule has 9 heteroatoms. The molecule has 0 radical (unpaired) electrons. The molecule has 0 aliphatic heterocycles. The third-order valence-corrected chi connectivity index (χ3v) is 3.29. The van der Waals surface area contributed by atoms with Gasteiger partial charge in [-0.1, -0.05) is 0 Å². The summed E-state index contributed by atoms with van der Waals surface area (Å²) in [6, 6.07) is 3.49. The molecular formula is C11H13F3N2O3S. The van der Waals surface area contributed by atoms with Crippen LogP contribution in [0.4, 0.5) is 13.2 Å². The van der Waals surface area contributed by atoms with Gasteiger partial charge in [-0.2, -0.15) is 13.2 Å². The number of amides is 1. The molecule has 1 aromatic rings. The quantitative estimate of drug-likeness (QED) is 0.881. The van der Waals surface area contributed by atoms with Gasteiger partial charge >= 0.3 is 6.18 Å². The van der Waals surface area contributed by atoms with Crippen LogP contribution in [0.25, 0.3) is 0 Å². The zero-order valence-corrected chi connectivity index (χ0v) is 11.3. The molecule has 0 aliphatic carbocycles. The molecule has 0 bridgehead atoms. The van der Waals surface area contributed by atoms with E-state index in [-0.39, 0.29) is 10.5 Å². The highest BCUT2D eigenvalue weighted by molar-refractivity contribution is 7.89. The third kappa shape index (κ3) is 5.17. The van der Waals surface area contributed by atoms with Gasteiger partial charge in [-0.15, -0.1) is 0 Å². The van der Waals surface area contributed by atoms with E-state index in [1.54, 1.807) is 0 Å². The molecular weight excluding hydrogens is 297 g/mol. The van der Waals surface area contributed by atoms with Crippen LogP contribution in [0, 0.1) is 0 Å². The predicted molar refractivity (Wildman–Crippen MR) is 65.4 cm³/mol. The Labute approximate surface area is 114 Å². The molecule has 1 rings (SSSR count). The highest BCUT2D eigenvalue weighted by atomic mass is 32.2. The zero-order chi connectivity index (χ0) is 15.6. The van der Waals surface area contributed by atoms with Crippen LogP contribution in [0.3, 0.4) is 0 Å². The first-order valence-electron chi connectivity index (χ1n) is 5.49. The van der Waals surface area contributed by atoms with E-state index in [9.17, 15) is 26.4 Å². The van der Waals surface area contributed by atoms with Crippen LogP contribution < -0.4 is 10.5 Å². The van der Waals surface area contributed by atoms with E-state index in [1.165, 1.54) is 19.1 Å². The van der Waals surface area contributed by atoms with Crippen LogP contribution in [0.2, 0.25) is 0 Å². The van der Waals surface area contributed by atoms with Gasteiger partial charge in [0.05, 0.1) is 11.3 Å². The van der Waals surface area contributed by atoms with Gasteiger partial charge < -0.3 is 5.32 Å². The topological polar surface area (TPSA) is 89.3 Å². The number of carbonyl (C=O) groups is 1. The monoisotopic (exact) mass is 310 g/mol. The van der Waals surface area contributed by atoms with Crippen molar-refractivity contribution in [1.82, 2.24) is 5.32 Å². The third-order valence-electron chi connectivity index (χ3n) is 2.36. The van der Waals surface area contributed by atoms with Crippen LogP contribution in [0.15, 0.2) is 29.2 Å². The van der Waals surface area contributed by atoms with E-state index >= 15 is 0 Å². The molecule has 0 heterocycles. The number of primary sulfonamides is 1. The van der Waals surface area contributed by atoms with Crippen molar-refractivity contribution in [1.29, 1.82) is 0 Å². The van der Waals surface area contributed by atoms with Gasteiger partial charge in [0.2, 0.25) is 10.0 Å². The molecule has 20 heavy (non-hydrogen) atoms. The lowest BCUT2D eigenvalue weighted by molar-refractivity contribution is -0.138. The zero-order valence-electron chi connectivity index (χ0n) is 10.4. The molecule has 0 saturated carbocycles. The number of hydrogen-bond donors (Lipinski definition) is 2. The Hall–Kier alpha value is -1.61. The van der Waals surface area contributed by atoms with Crippen LogP contribution >= 0.6 is 0 Å². The Morgan fingerprint density at radius 3 is 2.20 bits per heavy atom. The number of benzene rings is 1. The summed E-state index contributed by atoms with van der Waals surface area (Å²) in [5, 5.41) is 7.05. The average Bonchev–Trinajstić information content (AvgIpc) is 2.25. The smallest absolute Gasteiger partial charge is 0.349 e. The number of carbonyl (C=O) groups excluding carboxylic acids is 1. The Balaban J connectivity index is 2.74. The Morgan fingerprint density at radius 2 is 1.80 bits per heavy atom. The minimum atomic E-state index is -4.37. The second kappa shape index (κ2) is 5.80. The fourth-order valence-electron chi connectivity index (χ4n) is 1.50. The van der Waals surface area contributed by atoms with Crippen LogP contribution in [-0.4, -0.2) is 26.5 Å². The van der Waals surface area contributed by atoms with Crippen molar-refractivity contribution in [2.24, 2.45) is 5.14 Å². The van der Waals surface area contributed by atoms with Gasteiger partial charge in [0, 0.05) is 11.6 Å². The largest absolute Gasteiger partial charge is 0.391 e. The molecule has 1 amide bonds. The Morgan fingerprint density at radius 1 is 1.30 bits per heavy atom. The van der Waals surface area contributed by atoms with E-state index in [2.05, 4.69) is 5.32 Å². The number of rotatable bonds is 4. The number of halogens is 3. The molecule has 1 atom stereocenters. The second-order valence-corrected chi connectivity index (χ2v) is 5.82. The van der Waals surface area contributed by atoms with Crippen molar-refractivity contribution in [3.05, 3.63) is 29.8 Å². The molecule has 0 spiro atoms. The SMILES string of the molecule is CC(CC(F)(F)F)NC(=O)c1ccc(S(N)(=O)=O)cc1. The number of sulfonamides is 1. The van der Waals surface area contributed by atoms with Crippen molar-refractivity contribution in [2.75, 3.05) is 0 Å². The summed E-state index contributed by atoms with van der Waals surface area (Å²) in [6.45, 7) is 1.23. The first kappa shape index (κ1) is 16.4. The first-order valence-corrected chi connectivity index (χ1v) is 7.04. The summed E-state index contributed by atoms with van der Waals surface area (Å²) in [7, 11) is -3.87. The number of hydrogen-bond acceptors (Lipinski definition) is 3. The molecule has 5 nitrogen and oxygen atoms in total. The normalized spacial score (nSPS) is 13.8. The summed E-state index contributed by atoms with van der Waals surface area (Å²) >= 11 is 0. The van der Waals surface area contributed by atoms with Crippen molar-refractivity contribution in [3.63, 3.8) is 0 Å². The maximum Gasteiger partial charge on any atom is 0.391 e. The number of nitrogens with two attached hydrogens (primary N) is 1. The van der Waals surface area contributed by atoms with Crippen LogP contribution in [0.1, 0.15) is 23.7 Å². The van der Waals surface area contributed by atoms with Gasteiger partial charge in [-0.25, -0.2) is 13.6 Å². The van der Waals surface area contributed by atoms with Crippen molar-refractivity contribution >= 4 is 15.9 Å². The summed E-state index contributed by atoms with van der Waals surface area (Å²) < 4.78 is 58.3. The molecule has 3 N–H and O–H groups in total. The Bertz CT molecular complexity index is 582. The van der Waals surface area contributed by atoms with Crippen molar-refractivity contribution in [2.45, 2.75) is 30.5 Å². The van der Waals surface area contributed by atoms with Crippen molar-refractivity contribution < 1.29 is 26.4 Å². The number of nitrogens with one attached hydrogen (secondary N) is 1. The molecule has 0 aromatic heterocycles. The van der Waals surface area contributed by atoms with Crippen LogP contribution in [0.5, 0.6) is 0 Å². The standard InChI is InChI=1S/C11H13F3N2O3S/c1-7(6-11(12,13)14)16-10(17)8-2-4-9(5-3-8)20(15,18)19/h2-5,7H,6H2,1H3,(H,16,17)(H2,15,18,19). The summed E-state index contributed by atoms with van der Waals surface area (Å²) in [5.74, 6) is -0.720. The minimum absolute atomic E-state index is 0.0476. The molecule has 0 aliphatic rings. The van der Waals surface area contributed by atoms with E-state index < -0.39 is 34.6 Å². The average molecular weight is 310 g/mol. The van der Waals surface area contributed by atoms with Crippen molar-refractivity contribution in [3.8, 4) is 0 Å². The van der Waals surface area contributed by atoms with E-state index in [0.717, 1.165) is 12.1 Å². The lowest BCUT2D eigenvalue weighted by Gasteiger charge is -2.15. The summed E-state index contributed by atoms with van der Waals surface area (Å²) in [5.41, 5.74) is 0.0476. The van der Waals surface area contributed by atoms with E-state index in [4.69, 9.17) is 5.14 Å². The molecule has 112 valence electrons. The molecule has 1 aromatic carbocycles. The molecule has 0 fully saturated rings. The summed E-state index contributed by atoms with van der Waals surface area (Å²) in [4.78, 5) is 11.5. The van der Waals surface area contributed by atoms with Gasteiger partial charge in [0.15, 0.2) is 0 Å². The van der Waals surface area contributed by atoms with Gasteiger partial charge in [-0.05, 0) is 31.2 Å². The van der Waals surface area contributed by atoms with E-state index in [0.29, 0.717) is 0 Å². The van der Waals surface area contributed by atoms with Crippen LogP contribution in [-0.2, 0) is 10.0 Å². The van der Waals surface area contributed by atoms with E-state index in [1.807, 2.05) is 0 Å². The first-order chi connectivity index (χ1) is 8.99. The lowest BCUT2D eigenvalue weighted by Crippen LogP contribution is -2.35.